The van der Waals surface area contributed by atoms with Crippen LogP contribution in [0.1, 0.15) is 355 Å². The van der Waals surface area contributed by atoms with Crippen molar-refractivity contribution >= 4 is 17.9 Å². The van der Waals surface area contributed by atoms with Crippen molar-refractivity contribution in [1.29, 1.82) is 0 Å². The first-order valence-electron chi connectivity index (χ1n) is 34.4. The Morgan fingerprint density at radius 3 is 0.772 bits per heavy atom. The summed E-state index contributed by atoms with van der Waals surface area (Å²) in [5.74, 6) is -0.869. The fourth-order valence-electron chi connectivity index (χ4n) is 10.1. The Hall–Kier alpha value is -3.15. The van der Waals surface area contributed by atoms with Gasteiger partial charge in [-0.25, -0.2) is 0 Å². The van der Waals surface area contributed by atoms with Crippen molar-refractivity contribution < 1.29 is 28.6 Å². The number of hydrogen-bond acceptors (Lipinski definition) is 6. The van der Waals surface area contributed by atoms with E-state index in [1.807, 2.05) is 0 Å². The van der Waals surface area contributed by atoms with E-state index in [9.17, 15) is 14.4 Å². The van der Waals surface area contributed by atoms with Crippen LogP contribution >= 0.6 is 0 Å². The Morgan fingerprint density at radius 2 is 0.494 bits per heavy atom. The fraction of sp³-hybridized carbons (Fsp3) is 0.795. The molecule has 0 aromatic rings. The third-order valence-electron chi connectivity index (χ3n) is 15.2. The standard InChI is InChI=1S/C73H130O6/c1-4-7-10-13-16-19-22-25-27-29-31-33-35-37-39-40-42-44-46-48-51-54-57-60-63-66-72(75)78-69-70(68-77-71(74)65-62-59-56-53-50-24-21-18-15-12-9-6-3)79-73(76)67-64-61-58-55-52-49-47-45-43-41-38-36-34-32-30-28-26-23-20-17-14-11-8-5-2/h7,10,16,19,25,27,31,33,37,39,42,44,70H,4-6,8-9,11-15,17-18,20-24,26,28-30,32,34-36,38,40-41,43,45-69H2,1-3H3/b10-7-,19-16-,27-25-,33-31-,39-37-,44-42-. The second-order valence-electron chi connectivity index (χ2n) is 23.1. The van der Waals surface area contributed by atoms with E-state index >= 15 is 0 Å². The summed E-state index contributed by atoms with van der Waals surface area (Å²) in [7, 11) is 0. The lowest BCUT2D eigenvalue weighted by Crippen LogP contribution is -2.30. The van der Waals surface area contributed by atoms with Crippen LogP contribution < -0.4 is 0 Å². The molecule has 0 aliphatic rings. The molecule has 0 rings (SSSR count). The van der Waals surface area contributed by atoms with E-state index in [2.05, 4.69) is 93.7 Å². The number of hydrogen-bond donors (Lipinski definition) is 0. The molecule has 0 saturated carbocycles. The second kappa shape index (κ2) is 67.4. The van der Waals surface area contributed by atoms with Gasteiger partial charge in [-0.05, 0) is 70.6 Å². The minimum Gasteiger partial charge on any atom is -0.462 e. The third kappa shape index (κ3) is 65.5. The molecule has 1 unspecified atom stereocenters. The Balaban J connectivity index is 4.28. The number of rotatable bonds is 63. The van der Waals surface area contributed by atoms with E-state index in [4.69, 9.17) is 14.2 Å². The van der Waals surface area contributed by atoms with Gasteiger partial charge in [-0.3, -0.25) is 14.4 Å². The van der Waals surface area contributed by atoms with Crippen LogP contribution in [0.2, 0.25) is 0 Å². The molecule has 6 nitrogen and oxygen atoms in total. The first-order chi connectivity index (χ1) is 39.0. The van der Waals surface area contributed by atoms with Gasteiger partial charge in [0.2, 0.25) is 0 Å². The SMILES string of the molecule is CC/C=C\C/C=C\C/C=C\C/C=C\C/C=C\C/C=C\CCCCCCCCC(=O)OCC(COC(=O)CCCCCCCCCCCCCC)OC(=O)CCCCCCCCCCCCCCCCCCCCCCCCCC. The zero-order chi connectivity index (χ0) is 57.1. The van der Waals surface area contributed by atoms with Gasteiger partial charge in [0, 0.05) is 19.3 Å². The minimum atomic E-state index is -0.780. The summed E-state index contributed by atoms with van der Waals surface area (Å²) < 4.78 is 17.0. The average molecular weight is 1100 g/mol. The van der Waals surface area contributed by atoms with Gasteiger partial charge >= 0.3 is 17.9 Å². The van der Waals surface area contributed by atoms with Gasteiger partial charge in [-0.1, -0.05) is 338 Å². The van der Waals surface area contributed by atoms with Gasteiger partial charge in [-0.2, -0.15) is 0 Å². The molecule has 0 spiro atoms. The van der Waals surface area contributed by atoms with Crippen molar-refractivity contribution in [1.82, 2.24) is 0 Å². The molecule has 6 heteroatoms. The molecule has 0 aliphatic carbocycles. The maximum atomic E-state index is 12.9. The number of esters is 3. The Kier molecular flexibility index (Phi) is 64.7. The molecular weight excluding hydrogens is 973 g/mol. The van der Waals surface area contributed by atoms with Crippen LogP contribution in [0.5, 0.6) is 0 Å². The van der Waals surface area contributed by atoms with E-state index in [0.29, 0.717) is 19.3 Å². The number of carbonyl (C=O) groups is 3. The minimum absolute atomic E-state index is 0.0753. The highest BCUT2D eigenvalue weighted by Gasteiger charge is 2.19. The van der Waals surface area contributed by atoms with E-state index in [0.717, 1.165) is 103 Å². The van der Waals surface area contributed by atoms with Gasteiger partial charge in [0.1, 0.15) is 13.2 Å². The Labute approximate surface area is 491 Å². The lowest BCUT2D eigenvalue weighted by atomic mass is 10.0. The molecule has 0 bridgehead atoms. The number of carbonyl (C=O) groups excluding carboxylic acids is 3. The summed E-state index contributed by atoms with van der Waals surface area (Å²) in [4.78, 5) is 38.4. The summed E-state index contributed by atoms with van der Waals surface area (Å²) in [6.45, 7) is 6.57. The molecule has 79 heavy (non-hydrogen) atoms. The molecule has 0 radical (unpaired) electrons. The predicted octanol–water partition coefficient (Wildman–Crippen LogP) is 23.7. The summed E-state index contributed by atoms with van der Waals surface area (Å²) in [6.07, 6.45) is 87.8. The molecule has 0 aromatic heterocycles. The fourth-order valence-corrected chi connectivity index (χ4v) is 10.1. The zero-order valence-electron chi connectivity index (χ0n) is 52.6. The van der Waals surface area contributed by atoms with E-state index in [-0.39, 0.29) is 31.1 Å². The number of ether oxygens (including phenoxy) is 3. The second-order valence-corrected chi connectivity index (χ2v) is 23.1. The van der Waals surface area contributed by atoms with Gasteiger partial charge in [-0.15, -0.1) is 0 Å². The highest BCUT2D eigenvalue weighted by molar-refractivity contribution is 5.71. The van der Waals surface area contributed by atoms with Crippen LogP contribution in [0.3, 0.4) is 0 Å². The van der Waals surface area contributed by atoms with Crippen LogP contribution in [0, 0.1) is 0 Å². The molecule has 458 valence electrons. The lowest BCUT2D eigenvalue weighted by molar-refractivity contribution is -0.167. The third-order valence-corrected chi connectivity index (χ3v) is 15.2. The van der Waals surface area contributed by atoms with Crippen molar-refractivity contribution in [2.45, 2.75) is 361 Å². The monoisotopic (exact) mass is 1100 g/mol. The zero-order valence-corrected chi connectivity index (χ0v) is 52.6. The van der Waals surface area contributed by atoms with Crippen molar-refractivity contribution in [2.75, 3.05) is 13.2 Å². The van der Waals surface area contributed by atoms with Crippen molar-refractivity contribution in [2.24, 2.45) is 0 Å². The maximum absolute atomic E-state index is 12.9. The van der Waals surface area contributed by atoms with Gasteiger partial charge in [0.25, 0.3) is 0 Å². The largest absolute Gasteiger partial charge is 0.462 e. The van der Waals surface area contributed by atoms with Gasteiger partial charge in [0.15, 0.2) is 6.10 Å². The number of unbranched alkanes of at least 4 members (excludes halogenated alkanes) is 40. The number of allylic oxidation sites excluding steroid dienone is 12. The van der Waals surface area contributed by atoms with Crippen LogP contribution in [0.25, 0.3) is 0 Å². The van der Waals surface area contributed by atoms with Gasteiger partial charge in [0.05, 0.1) is 0 Å². The van der Waals surface area contributed by atoms with Crippen molar-refractivity contribution in [3.05, 3.63) is 72.9 Å². The molecule has 0 heterocycles. The smallest absolute Gasteiger partial charge is 0.306 e. The topological polar surface area (TPSA) is 78.9 Å². The highest BCUT2D eigenvalue weighted by Crippen LogP contribution is 2.18. The molecule has 0 amide bonds. The van der Waals surface area contributed by atoms with Crippen molar-refractivity contribution in [3.63, 3.8) is 0 Å². The summed E-state index contributed by atoms with van der Waals surface area (Å²) in [5.41, 5.74) is 0. The molecule has 0 aliphatic heterocycles. The van der Waals surface area contributed by atoms with E-state index < -0.39 is 6.10 Å². The highest BCUT2D eigenvalue weighted by atomic mass is 16.6. The van der Waals surface area contributed by atoms with E-state index in [1.165, 1.54) is 212 Å². The first kappa shape index (κ1) is 75.8. The predicted molar refractivity (Wildman–Crippen MR) is 344 cm³/mol. The van der Waals surface area contributed by atoms with Crippen LogP contribution in [0.4, 0.5) is 0 Å². The Bertz CT molecular complexity index is 1450. The molecule has 0 N–H and O–H groups in total. The summed E-state index contributed by atoms with van der Waals surface area (Å²) >= 11 is 0. The van der Waals surface area contributed by atoms with Crippen LogP contribution in [-0.4, -0.2) is 37.2 Å². The van der Waals surface area contributed by atoms with Crippen LogP contribution in [0.15, 0.2) is 72.9 Å². The molecule has 0 aromatic carbocycles. The molecule has 1 atom stereocenters. The molecule has 0 saturated heterocycles. The normalized spacial score (nSPS) is 12.5. The quantitative estimate of drug-likeness (QED) is 0.0261. The van der Waals surface area contributed by atoms with Crippen LogP contribution in [-0.2, 0) is 28.6 Å². The summed E-state index contributed by atoms with van der Waals surface area (Å²) in [6, 6.07) is 0. The van der Waals surface area contributed by atoms with Crippen molar-refractivity contribution in [3.8, 4) is 0 Å². The molecule has 0 fully saturated rings. The first-order valence-corrected chi connectivity index (χ1v) is 34.4. The molecular formula is C73H130O6. The lowest BCUT2D eigenvalue weighted by Gasteiger charge is -2.18. The van der Waals surface area contributed by atoms with Gasteiger partial charge < -0.3 is 14.2 Å². The average Bonchev–Trinajstić information content (AvgIpc) is 3.45. The Morgan fingerprint density at radius 1 is 0.266 bits per heavy atom. The summed E-state index contributed by atoms with van der Waals surface area (Å²) in [5, 5.41) is 0. The maximum Gasteiger partial charge on any atom is 0.306 e. The van der Waals surface area contributed by atoms with E-state index in [1.54, 1.807) is 0 Å².